The van der Waals surface area contributed by atoms with Gasteiger partial charge < -0.3 is 5.32 Å². The molecular weight excluding hydrogens is 543 g/mol. The van der Waals surface area contributed by atoms with Crippen LogP contribution in [-0.2, 0) is 29.3 Å². The Kier molecular flexibility index (Phi) is 7.59. The van der Waals surface area contributed by atoms with E-state index in [1.165, 1.54) is 6.26 Å². The second-order valence-corrected chi connectivity index (χ2v) is 12.1. The van der Waals surface area contributed by atoms with E-state index in [-0.39, 0.29) is 10.9 Å². The fourth-order valence-corrected chi connectivity index (χ4v) is 5.70. The van der Waals surface area contributed by atoms with Gasteiger partial charge in [-0.25, -0.2) is 18.2 Å². The van der Waals surface area contributed by atoms with E-state index in [0.29, 0.717) is 35.2 Å². The van der Waals surface area contributed by atoms with Crippen molar-refractivity contribution in [2.75, 3.05) is 19.3 Å². The fourth-order valence-electron chi connectivity index (χ4n) is 4.73. The molecule has 1 N–H and O–H groups in total. The first kappa shape index (κ1) is 26.4. The van der Waals surface area contributed by atoms with Crippen LogP contribution in [0.4, 0.5) is 4.79 Å². The molecular formula is C28H26Cl2N4O3S. The summed E-state index contributed by atoms with van der Waals surface area (Å²) in [5, 5.41) is 4.80. The predicted molar refractivity (Wildman–Crippen MR) is 151 cm³/mol. The van der Waals surface area contributed by atoms with Crippen LogP contribution in [0.5, 0.6) is 0 Å². The molecule has 4 aromatic rings. The van der Waals surface area contributed by atoms with Gasteiger partial charge in [0.15, 0.2) is 9.84 Å². The summed E-state index contributed by atoms with van der Waals surface area (Å²) in [7, 11) is -3.41. The van der Waals surface area contributed by atoms with Crippen molar-refractivity contribution in [2.45, 2.75) is 24.4 Å². The van der Waals surface area contributed by atoms with Gasteiger partial charge in [0.25, 0.3) is 0 Å². The van der Waals surface area contributed by atoms with Crippen LogP contribution in [0.25, 0.3) is 17.0 Å². The zero-order valence-corrected chi connectivity index (χ0v) is 23.0. The minimum atomic E-state index is -3.41. The molecule has 0 radical (unpaired) electrons. The standard InChI is InChI=1S/C28H26Cl2N4O3S/c1-38(36,37)22-8-9-25-23(16-22)24-18-33(13-2-3-19-4-6-21(29)7-5-19)14-11-26(24)34(25)28(35)32-17-20-10-12-31-27(30)15-20/h2-10,12,15-16H,11,13-14,17-18H2,1H3,(H,32,35). The monoisotopic (exact) mass is 568 g/mol. The van der Waals surface area contributed by atoms with Crippen LogP contribution in [0.1, 0.15) is 22.4 Å². The Balaban J connectivity index is 1.44. The lowest BCUT2D eigenvalue weighted by atomic mass is 10.0. The molecule has 1 aliphatic rings. The van der Waals surface area contributed by atoms with Gasteiger partial charge in [0.2, 0.25) is 0 Å². The molecule has 0 bridgehead atoms. The van der Waals surface area contributed by atoms with Crippen LogP contribution in [0.2, 0.25) is 10.2 Å². The third-order valence-corrected chi connectivity index (χ3v) is 8.18. The summed E-state index contributed by atoms with van der Waals surface area (Å²) in [6, 6.07) is 15.8. The highest BCUT2D eigenvalue weighted by Crippen LogP contribution is 2.32. The summed E-state index contributed by atoms with van der Waals surface area (Å²) in [5.74, 6) is 0. The fraction of sp³-hybridized carbons (Fsp3) is 0.214. The van der Waals surface area contributed by atoms with E-state index in [4.69, 9.17) is 23.2 Å². The second-order valence-electron chi connectivity index (χ2n) is 9.30. The van der Waals surface area contributed by atoms with Crippen molar-refractivity contribution in [1.82, 2.24) is 19.8 Å². The maximum atomic E-state index is 13.4. The van der Waals surface area contributed by atoms with Crippen molar-refractivity contribution in [3.63, 3.8) is 0 Å². The highest BCUT2D eigenvalue weighted by Gasteiger charge is 2.27. The van der Waals surface area contributed by atoms with Gasteiger partial charge in [-0.1, -0.05) is 47.5 Å². The summed E-state index contributed by atoms with van der Waals surface area (Å²) in [4.78, 5) is 19.9. The van der Waals surface area contributed by atoms with Gasteiger partial charge in [0, 0.05) is 61.2 Å². The van der Waals surface area contributed by atoms with E-state index in [1.54, 1.807) is 41.1 Å². The molecule has 0 unspecified atom stereocenters. The van der Waals surface area contributed by atoms with Crippen molar-refractivity contribution in [1.29, 1.82) is 0 Å². The highest BCUT2D eigenvalue weighted by atomic mass is 35.5. The number of amides is 1. The van der Waals surface area contributed by atoms with E-state index >= 15 is 0 Å². The van der Waals surface area contributed by atoms with Gasteiger partial charge in [-0.3, -0.25) is 9.47 Å². The van der Waals surface area contributed by atoms with Crippen LogP contribution >= 0.6 is 23.2 Å². The zero-order valence-electron chi connectivity index (χ0n) is 20.7. The van der Waals surface area contributed by atoms with Gasteiger partial charge in [-0.15, -0.1) is 0 Å². The number of sulfone groups is 1. The minimum Gasteiger partial charge on any atom is -0.333 e. The third kappa shape index (κ3) is 5.78. The molecule has 0 spiro atoms. The number of nitrogens with one attached hydrogen (secondary N) is 1. The number of carbonyl (C=O) groups is 1. The number of hydrogen-bond acceptors (Lipinski definition) is 5. The topological polar surface area (TPSA) is 84.3 Å². The first-order valence-corrected chi connectivity index (χ1v) is 14.7. The largest absolute Gasteiger partial charge is 0.333 e. The van der Waals surface area contributed by atoms with Crippen LogP contribution in [0, 0.1) is 0 Å². The molecule has 7 nitrogen and oxygen atoms in total. The lowest BCUT2D eigenvalue weighted by Crippen LogP contribution is -2.34. The van der Waals surface area contributed by atoms with Gasteiger partial charge in [-0.05, 0) is 59.2 Å². The summed E-state index contributed by atoms with van der Waals surface area (Å²) in [5.41, 5.74) is 4.45. The Hall–Kier alpha value is -3.17. The molecule has 10 heteroatoms. The van der Waals surface area contributed by atoms with E-state index in [0.717, 1.165) is 40.9 Å². The van der Waals surface area contributed by atoms with Gasteiger partial charge in [-0.2, -0.15) is 0 Å². The Morgan fingerprint density at radius 3 is 2.63 bits per heavy atom. The smallest absolute Gasteiger partial charge is 0.326 e. The second kappa shape index (κ2) is 10.9. The molecule has 5 rings (SSSR count). The van der Waals surface area contributed by atoms with E-state index in [2.05, 4.69) is 27.4 Å². The Morgan fingerprint density at radius 1 is 1.11 bits per heavy atom. The maximum Gasteiger partial charge on any atom is 0.326 e. The van der Waals surface area contributed by atoms with Crippen molar-refractivity contribution in [3.05, 3.63) is 99.4 Å². The lowest BCUT2D eigenvalue weighted by molar-refractivity contribution is 0.240. The number of fused-ring (bicyclic) bond motifs is 3. The molecule has 38 heavy (non-hydrogen) atoms. The maximum absolute atomic E-state index is 13.4. The average molecular weight is 570 g/mol. The molecule has 0 saturated carbocycles. The van der Waals surface area contributed by atoms with Crippen molar-refractivity contribution < 1.29 is 13.2 Å². The van der Waals surface area contributed by atoms with E-state index in [1.807, 2.05) is 24.3 Å². The summed E-state index contributed by atoms with van der Waals surface area (Å²) in [6.07, 6.45) is 7.59. The molecule has 2 aromatic carbocycles. The SMILES string of the molecule is CS(=O)(=O)c1ccc2c(c1)c1c(n2C(=O)NCc2ccnc(Cl)c2)CCN(CC=Cc2ccc(Cl)cc2)C1. The molecule has 0 fully saturated rings. The first-order chi connectivity index (χ1) is 18.2. The summed E-state index contributed by atoms with van der Waals surface area (Å²) < 4.78 is 26.3. The first-order valence-electron chi connectivity index (χ1n) is 12.1. The molecule has 2 aromatic heterocycles. The van der Waals surface area contributed by atoms with E-state index in [9.17, 15) is 13.2 Å². The number of pyridine rings is 1. The van der Waals surface area contributed by atoms with Gasteiger partial charge in [0.05, 0.1) is 10.4 Å². The summed E-state index contributed by atoms with van der Waals surface area (Å²) >= 11 is 12.0. The predicted octanol–water partition coefficient (Wildman–Crippen LogP) is 5.58. The molecule has 196 valence electrons. The Labute approximate surface area is 231 Å². The number of halogens is 2. The number of nitrogens with zero attached hydrogens (tertiary/aromatic N) is 3. The number of rotatable bonds is 6. The van der Waals surface area contributed by atoms with Gasteiger partial charge >= 0.3 is 6.03 Å². The normalized spacial score (nSPS) is 14.2. The van der Waals surface area contributed by atoms with Crippen molar-refractivity contribution >= 4 is 56.0 Å². The molecule has 0 atom stereocenters. The Bertz CT molecular complexity index is 1650. The van der Waals surface area contributed by atoms with Gasteiger partial charge in [0.1, 0.15) is 5.15 Å². The van der Waals surface area contributed by atoms with Crippen LogP contribution in [-0.4, -0.2) is 48.2 Å². The lowest BCUT2D eigenvalue weighted by Gasteiger charge is -2.27. The molecule has 1 aliphatic heterocycles. The number of carbonyl (C=O) groups excluding carboxylic acids is 1. The quantitative estimate of drug-likeness (QED) is 0.307. The molecule has 3 heterocycles. The number of hydrogen-bond donors (Lipinski definition) is 1. The van der Waals surface area contributed by atoms with Crippen molar-refractivity contribution in [2.24, 2.45) is 0 Å². The van der Waals surface area contributed by atoms with E-state index < -0.39 is 9.84 Å². The Morgan fingerprint density at radius 2 is 1.89 bits per heavy atom. The summed E-state index contributed by atoms with van der Waals surface area (Å²) in [6.45, 7) is 2.37. The third-order valence-electron chi connectivity index (χ3n) is 6.61. The molecule has 0 saturated heterocycles. The number of aromatic nitrogens is 2. The van der Waals surface area contributed by atoms with Crippen LogP contribution < -0.4 is 5.32 Å². The average Bonchev–Trinajstić information content (AvgIpc) is 3.21. The van der Waals surface area contributed by atoms with Crippen molar-refractivity contribution in [3.8, 4) is 0 Å². The molecule has 0 aliphatic carbocycles. The molecule has 1 amide bonds. The highest BCUT2D eigenvalue weighted by molar-refractivity contribution is 7.90. The number of benzene rings is 2. The van der Waals surface area contributed by atoms with Crippen LogP contribution in [0.3, 0.4) is 0 Å². The minimum absolute atomic E-state index is 0.233. The van der Waals surface area contributed by atoms with Crippen LogP contribution in [0.15, 0.2) is 71.8 Å². The zero-order chi connectivity index (χ0) is 26.9.